The Morgan fingerprint density at radius 2 is 1.71 bits per heavy atom. The van der Waals surface area contributed by atoms with Crippen LogP contribution in [-0.4, -0.2) is 28.5 Å². The Bertz CT molecular complexity index is 984. The molecule has 3 rings (SSSR count). The maximum Gasteiger partial charge on any atom is 0.433 e. The van der Waals surface area contributed by atoms with Gasteiger partial charge in [0.05, 0.1) is 0 Å². The molecule has 0 saturated heterocycles. The molecule has 0 atom stereocenters. The summed E-state index contributed by atoms with van der Waals surface area (Å²) in [7, 11) is 1.95. The van der Waals surface area contributed by atoms with Crippen molar-refractivity contribution in [3.05, 3.63) is 87.8 Å². The summed E-state index contributed by atoms with van der Waals surface area (Å²) >= 11 is 0. The summed E-state index contributed by atoms with van der Waals surface area (Å²) < 4.78 is 39.0. The van der Waals surface area contributed by atoms with Crippen molar-refractivity contribution in [1.29, 1.82) is 0 Å². The van der Waals surface area contributed by atoms with Gasteiger partial charge in [0, 0.05) is 24.7 Å². The number of rotatable bonds is 6. The SMILES string of the molecule is CN(CCc1ccccc1)Cc1ccccc1-c1nc(C(F)(F)F)cc(=O)[nH]1. The van der Waals surface area contributed by atoms with Gasteiger partial charge in [-0.15, -0.1) is 0 Å². The average Bonchev–Trinajstić information content (AvgIpc) is 2.66. The fourth-order valence-electron chi connectivity index (χ4n) is 2.95. The number of nitrogens with one attached hydrogen (secondary N) is 1. The Kier molecular flexibility index (Phi) is 5.94. The van der Waals surface area contributed by atoms with Gasteiger partial charge in [-0.1, -0.05) is 54.6 Å². The minimum atomic E-state index is -4.68. The maximum atomic E-state index is 13.0. The second-order valence-corrected chi connectivity index (χ2v) is 6.61. The molecule has 0 aliphatic heterocycles. The Hall–Kier alpha value is -2.93. The van der Waals surface area contributed by atoms with Crippen LogP contribution in [0.25, 0.3) is 11.4 Å². The summed E-state index contributed by atoms with van der Waals surface area (Å²) in [6.07, 6.45) is -3.82. The summed E-state index contributed by atoms with van der Waals surface area (Å²) in [5.74, 6) is -0.0770. The Balaban J connectivity index is 1.82. The molecular formula is C21H20F3N3O. The molecule has 1 N–H and O–H groups in total. The molecule has 1 aromatic heterocycles. The number of alkyl halides is 3. The van der Waals surface area contributed by atoms with E-state index >= 15 is 0 Å². The first-order chi connectivity index (χ1) is 13.3. The number of aromatic amines is 1. The zero-order valence-electron chi connectivity index (χ0n) is 15.3. The number of H-pyrrole nitrogens is 1. The van der Waals surface area contributed by atoms with Crippen LogP contribution in [0, 0.1) is 0 Å². The molecule has 7 heteroatoms. The molecule has 28 heavy (non-hydrogen) atoms. The van der Waals surface area contributed by atoms with Crippen LogP contribution in [0.15, 0.2) is 65.5 Å². The normalized spacial score (nSPS) is 11.8. The highest BCUT2D eigenvalue weighted by Crippen LogP contribution is 2.28. The summed E-state index contributed by atoms with van der Waals surface area (Å²) in [6.45, 7) is 1.30. The van der Waals surface area contributed by atoms with E-state index in [1.54, 1.807) is 12.1 Å². The molecule has 0 aliphatic carbocycles. The van der Waals surface area contributed by atoms with Crippen molar-refractivity contribution in [2.75, 3.05) is 13.6 Å². The van der Waals surface area contributed by atoms with Crippen molar-refractivity contribution in [3.8, 4) is 11.4 Å². The van der Waals surface area contributed by atoms with Gasteiger partial charge < -0.3 is 9.88 Å². The van der Waals surface area contributed by atoms with E-state index in [9.17, 15) is 18.0 Å². The number of likely N-dealkylation sites (N-methyl/N-ethyl adjacent to an activating group) is 1. The monoisotopic (exact) mass is 387 g/mol. The molecule has 4 nitrogen and oxygen atoms in total. The molecular weight excluding hydrogens is 367 g/mol. The highest BCUT2D eigenvalue weighted by molar-refractivity contribution is 5.60. The standard InChI is InChI=1S/C21H20F3N3O/c1-27(12-11-15-7-3-2-4-8-15)14-16-9-5-6-10-17(16)20-25-18(21(22,23)24)13-19(28)26-20/h2-10,13H,11-12,14H2,1H3,(H,25,26,28). The Morgan fingerprint density at radius 3 is 2.43 bits per heavy atom. The lowest BCUT2D eigenvalue weighted by Crippen LogP contribution is -2.22. The van der Waals surface area contributed by atoms with E-state index < -0.39 is 17.4 Å². The fourth-order valence-corrected chi connectivity index (χ4v) is 2.95. The Morgan fingerprint density at radius 1 is 1.04 bits per heavy atom. The van der Waals surface area contributed by atoms with Gasteiger partial charge in [0.25, 0.3) is 5.56 Å². The third-order valence-corrected chi connectivity index (χ3v) is 4.37. The molecule has 0 saturated carbocycles. The van der Waals surface area contributed by atoms with Crippen LogP contribution < -0.4 is 5.56 Å². The van der Waals surface area contributed by atoms with Gasteiger partial charge in [0.1, 0.15) is 5.82 Å². The van der Waals surface area contributed by atoms with Crippen molar-refractivity contribution < 1.29 is 13.2 Å². The number of aromatic nitrogens is 2. The summed E-state index contributed by atoms with van der Waals surface area (Å²) in [5, 5.41) is 0. The maximum absolute atomic E-state index is 13.0. The minimum Gasteiger partial charge on any atom is -0.306 e. The molecule has 0 amide bonds. The number of hydrogen-bond donors (Lipinski definition) is 1. The average molecular weight is 387 g/mol. The van der Waals surface area contributed by atoms with Crippen LogP contribution in [0.5, 0.6) is 0 Å². The van der Waals surface area contributed by atoms with Crippen molar-refractivity contribution in [1.82, 2.24) is 14.9 Å². The summed E-state index contributed by atoms with van der Waals surface area (Å²) in [4.78, 5) is 19.9. The zero-order chi connectivity index (χ0) is 20.1. The van der Waals surface area contributed by atoms with Crippen LogP contribution in [0.4, 0.5) is 13.2 Å². The second-order valence-electron chi connectivity index (χ2n) is 6.61. The lowest BCUT2D eigenvalue weighted by Gasteiger charge is -2.19. The zero-order valence-corrected chi connectivity index (χ0v) is 15.3. The lowest BCUT2D eigenvalue weighted by atomic mass is 10.1. The first kappa shape index (κ1) is 19.8. The molecule has 146 valence electrons. The molecule has 0 unspecified atom stereocenters. The highest BCUT2D eigenvalue weighted by atomic mass is 19.4. The number of halogens is 3. The van der Waals surface area contributed by atoms with Gasteiger partial charge in [0.15, 0.2) is 5.69 Å². The lowest BCUT2D eigenvalue weighted by molar-refractivity contribution is -0.141. The van der Waals surface area contributed by atoms with Crippen molar-refractivity contribution in [2.45, 2.75) is 19.1 Å². The molecule has 3 aromatic rings. The first-order valence-corrected chi connectivity index (χ1v) is 8.82. The molecule has 0 bridgehead atoms. The van der Waals surface area contributed by atoms with Crippen LogP contribution in [0.3, 0.4) is 0 Å². The van der Waals surface area contributed by atoms with Gasteiger partial charge in [-0.25, -0.2) is 4.98 Å². The summed E-state index contributed by atoms with van der Waals surface area (Å²) in [6, 6.07) is 17.5. The predicted octanol–water partition coefficient (Wildman–Crippen LogP) is 4.13. The van der Waals surface area contributed by atoms with Crippen molar-refractivity contribution >= 4 is 0 Å². The topological polar surface area (TPSA) is 49.0 Å². The van der Waals surface area contributed by atoms with Crippen molar-refractivity contribution in [3.63, 3.8) is 0 Å². The molecule has 0 aliphatic rings. The third-order valence-electron chi connectivity index (χ3n) is 4.37. The van der Waals surface area contributed by atoms with Gasteiger partial charge in [-0.2, -0.15) is 13.2 Å². The predicted molar refractivity (Wildman–Crippen MR) is 102 cm³/mol. The summed E-state index contributed by atoms with van der Waals surface area (Å²) in [5.41, 5.74) is 0.465. The van der Waals surface area contributed by atoms with E-state index in [2.05, 4.69) is 27.0 Å². The van der Waals surface area contributed by atoms with Gasteiger partial charge in [0.2, 0.25) is 0 Å². The largest absolute Gasteiger partial charge is 0.433 e. The van der Waals surface area contributed by atoms with E-state index in [-0.39, 0.29) is 5.82 Å². The number of hydrogen-bond acceptors (Lipinski definition) is 3. The van der Waals surface area contributed by atoms with Crippen molar-refractivity contribution in [2.24, 2.45) is 0 Å². The van der Waals surface area contributed by atoms with E-state index in [1.807, 2.05) is 37.4 Å². The molecule has 2 aromatic carbocycles. The van der Waals surface area contributed by atoms with E-state index in [0.29, 0.717) is 18.2 Å². The molecule has 0 spiro atoms. The second kappa shape index (κ2) is 8.39. The molecule has 1 heterocycles. The minimum absolute atomic E-state index is 0.0770. The smallest absolute Gasteiger partial charge is 0.306 e. The Labute approximate surface area is 160 Å². The third kappa shape index (κ3) is 5.07. The number of benzene rings is 2. The van der Waals surface area contributed by atoms with Gasteiger partial charge in [-0.3, -0.25) is 4.79 Å². The quantitative estimate of drug-likeness (QED) is 0.692. The molecule has 0 fully saturated rings. The fraction of sp³-hybridized carbons (Fsp3) is 0.238. The van der Waals surface area contributed by atoms with Crippen LogP contribution in [0.1, 0.15) is 16.8 Å². The molecule has 0 radical (unpaired) electrons. The van der Waals surface area contributed by atoms with Crippen LogP contribution in [0.2, 0.25) is 0 Å². The van der Waals surface area contributed by atoms with Gasteiger partial charge in [-0.05, 0) is 24.6 Å². The van der Waals surface area contributed by atoms with Crippen LogP contribution in [-0.2, 0) is 19.1 Å². The van der Waals surface area contributed by atoms with E-state index in [0.717, 1.165) is 18.5 Å². The highest BCUT2D eigenvalue weighted by Gasteiger charge is 2.33. The van der Waals surface area contributed by atoms with Gasteiger partial charge >= 0.3 is 6.18 Å². The van der Waals surface area contributed by atoms with E-state index in [4.69, 9.17) is 0 Å². The first-order valence-electron chi connectivity index (χ1n) is 8.82. The number of nitrogens with zero attached hydrogens (tertiary/aromatic N) is 2. The van der Waals surface area contributed by atoms with E-state index in [1.165, 1.54) is 5.56 Å². The van der Waals surface area contributed by atoms with Crippen LogP contribution >= 0.6 is 0 Å².